The lowest BCUT2D eigenvalue weighted by Crippen LogP contribution is -2.41. The molecule has 1 aliphatic carbocycles. The molecule has 100 valence electrons. The van der Waals surface area contributed by atoms with Crippen LogP contribution >= 0.6 is 0 Å². The Bertz CT molecular complexity index is 232. The SMILES string of the molecule is CC(C)CN(CC(=O)OC(C)C)C1CCCC1. The smallest absolute Gasteiger partial charge is 0.320 e. The van der Waals surface area contributed by atoms with Crippen molar-refractivity contribution in [2.45, 2.75) is 65.5 Å². The lowest BCUT2D eigenvalue weighted by Gasteiger charge is -2.29. The number of esters is 1. The maximum absolute atomic E-state index is 11.7. The van der Waals surface area contributed by atoms with E-state index in [1.54, 1.807) is 0 Å². The van der Waals surface area contributed by atoms with Gasteiger partial charge < -0.3 is 4.74 Å². The summed E-state index contributed by atoms with van der Waals surface area (Å²) in [5, 5.41) is 0. The summed E-state index contributed by atoms with van der Waals surface area (Å²) in [6, 6.07) is 0.595. The zero-order valence-corrected chi connectivity index (χ0v) is 11.7. The van der Waals surface area contributed by atoms with E-state index in [9.17, 15) is 4.79 Å². The molecule has 3 heteroatoms. The van der Waals surface area contributed by atoms with Crippen LogP contribution in [0.2, 0.25) is 0 Å². The van der Waals surface area contributed by atoms with Crippen LogP contribution in [0.1, 0.15) is 53.4 Å². The molecule has 0 N–H and O–H groups in total. The molecule has 0 saturated heterocycles. The van der Waals surface area contributed by atoms with Gasteiger partial charge in [0.15, 0.2) is 0 Å². The second kappa shape index (κ2) is 7.00. The molecule has 0 heterocycles. The van der Waals surface area contributed by atoms with E-state index >= 15 is 0 Å². The molecule has 0 spiro atoms. The molecule has 0 aromatic carbocycles. The molecule has 17 heavy (non-hydrogen) atoms. The summed E-state index contributed by atoms with van der Waals surface area (Å²) in [6.07, 6.45) is 5.08. The summed E-state index contributed by atoms with van der Waals surface area (Å²) in [6.45, 7) is 9.67. The number of hydrogen-bond acceptors (Lipinski definition) is 3. The van der Waals surface area contributed by atoms with Crippen LogP contribution in [0.15, 0.2) is 0 Å². The fourth-order valence-corrected chi connectivity index (χ4v) is 2.55. The van der Waals surface area contributed by atoms with E-state index in [1.807, 2.05) is 13.8 Å². The van der Waals surface area contributed by atoms with Crippen LogP contribution in [-0.4, -0.2) is 36.1 Å². The van der Waals surface area contributed by atoms with Gasteiger partial charge in [0.25, 0.3) is 0 Å². The van der Waals surface area contributed by atoms with Gasteiger partial charge in [0, 0.05) is 12.6 Å². The van der Waals surface area contributed by atoms with Gasteiger partial charge in [0.1, 0.15) is 0 Å². The molecule has 1 fully saturated rings. The Kier molecular flexibility index (Phi) is 5.96. The van der Waals surface area contributed by atoms with Crippen molar-refractivity contribution in [1.29, 1.82) is 0 Å². The Morgan fingerprint density at radius 1 is 1.24 bits per heavy atom. The zero-order chi connectivity index (χ0) is 12.8. The minimum Gasteiger partial charge on any atom is -0.462 e. The first kappa shape index (κ1) is 14.5. The molecule has 0 aromatic rings. The predicted octanol–water partition coefficient (Wildman–Crippen LogP) is 2.84. The maximum atomic E-state index is 11.7. The van der Waals surface area contributed by atoms with Crippen LogP contribution < -0.4 is 0 Å². The molecule has 0 aliphatic heterocycles. The lowest BCUT2D eigenvalue weighted by atomic mass is 10.1. The minimum atomic E-state index is -0.0763. The van der Waals surface area contributed by atoms with Gasteiger partial charge in [-0.3, -0.25) is 9.69 Å². The summed E-state index contributed by atoms with van der Waals surface area (Å²) in [5.41, 5.74) is 0. The first-order valence-electron chi connectivity index (χ1n) is 6.92. The average molecular weight is 241 g/mol. The van der Waals surface area contributed by atoms with Crippen LogP contribution in [0.25, 0.3) is 0 Å². The van der Waals surface area contributed by atoms with E-state index in [-0.39, 0.29) is 12.1 Å². The standard InChI is InChI=1S/C14H27NO2/c1-11(2)9-15(13-7-5-6-8-13)10-14(16)17-12(3)4/h11-13H,5-10H2,1-4H3. The highest BCUT2D eigenvalue weighted by atomic mass is 16.5. The molecule has 0 bridgehead atoms. The summed E-state index contributed by atoms with van der Waals surface area (Å²) < 4.78 is 5.24. The van der Waals surface area contributed by atoms with Crippen molar-refractivity contribution in [2.75, 3.05) is 13.1 Å². The van der Waals surface area contributed by atoms with Gasteiger partial charge >= 0.3 is 5.97 Å². The Morgan fingerprint density at radius 3 is 2.29 bits per heavy atom. The largest absolute Gasteiger partial charge is 0.462 e. The highest BCUT2D eigenvalue weighted by Gasteiger charge is 2.25. The van der Waals surface area contributed by atoms with Gasteiger partial charge in [-0.25, -0.2) is 0 Å². The van der Waals surface area contributed by atoms with E-state index in [0.29, 0.717) is 18.5 Å². The molecule has 1 rings (SSSR count). The maximum Gasteiger partial charge on any atom is 0.320 e. The van der Waals surface area contributed by atoms with Crippen LogP contribution in [-0.2, 0) is 9.53 Å². The lowest BCUT2D eigenvalue weighted by molar-refractivity contribution is -0.149. The highest BCUT2D eigenvalue weighted by molar-refractivity contribution is 5.71. The molecule has 0 radical (unpaired) electrons. The van der Waals surface area contributed by atoms with Gasteiger partial charge in [-0.1, -0.05) is 26.7 Å². The van der Waals surface area contributed by atoms with Crippen molar-refractivity contribution in [1.82, 2.24) is 4.90 Å². The first-order valence-corrected chi connectivity index (χ1v) is 6.92. The third-order valence-electron chi connectivity index (χ3n) is 3.14. The Balaban J connectivity index is 2.47. The van der Waals surface area contributed by atoms with Crippen LogP contribution in [0.3, 0.4) is 0 Å². The molecule has 0 unspecified atom stereocenters. The first-order chi connectivity index (χ1) is 7.99. The van der Waals surface area contributed by atoms with Crippen molar-refractivity contribution in [3.8, 4) is 0 Å². The number of carbonyl (C=O) groups is 1. The van der Waals surface area contributed by atoms with Crippen molar-refractivity contribution >= 4 is 5.97 Å². The number of nitrogens with zero attached hydrogens (tertiary/aromatic N) is 1. The van der Waals surface area contributed by atoms with Crippen LogP contribution in [0.4, 0.5) is 0 Å². The normalized spacial score (nSPS) is 17.4. The molecular formula is C14H27NO2. The second-order valence-corrected chi connectivity index (χ2v) is 5.80. The summed E-state index contributed by atoms with van der Waals surface area (Å²) in [4.78, 5) is 14.1. The number of carbonyl (C=O) groups excluding carboxylic acids is 1. The van der Waals surface area contributed by atoms with Gasteiger partial charge in [0.05, 0.1) is 12.6 Å². The second-order valence-electron chi connectivity index (χ2n) is 5.80. The molecule has 1 aliphatic rings. The van der Waals surface area contributed by atoms with Crippen LogP contribution in [0.5, 0.6) is 0 Å². The summed E-state index contributed by atoms with van der Waals surface area (Å²) >= 11 is 0. The van der Waals surface area contributed by atoms with E-state index < -0.39 is 0 Å². The number of hydrogen-bond donors (Lipinski definition) is 0. The van der Waals surface area contributed by atoms with Gasteiger partial charge in [-0.05, 0) is 32.6 Å². The van der Waals surface area contributed by atoms with Crippen LogP contribution in [0, 0.1) is 5.92 Å². The molecule has 0 amide bonds. The number of rotatable bonds is 6. The Morgan fingerprint density at radius 2 is 1.82 bits per heavy atom. The van der Waals surface area contributed by atoms with Crippen molar-refractivity contribution in [3.05, 3.63) is 0 Å². The average Bonchev–Trinajstić information content (AvgIpc) is 2.66. The van der Waals surface area contributed by atoms with Crippen molar-refractivity contribution in [3.63, 3.8) is 0 Å². The van der Waals surface area contributed by atoms with Crippen molar-refractivity contribution in [2.24, 2.45) is 5.92 Å². The topological polar surface area (TPSA) is 29.5 Å². The number of ether oxygens (including phenoxy) is 1. The summed E-state index contributed by atoms with van der Waals surface area (Å²) in [7, 11) is 0. The quantitative estimate of drug-likeness (QED) is 0.670. The predicted molar refractivity (Wildman–Crippen MR) is 69.9 cm³/mol. The molecule has 0 atom stereocenters. The minimum absolute atomic E-state index is 0.00743. The molecular weight excluding hydrogens is 214 g/mol. The zero-order valence-electron chi connectivity index (χ0n) is 11.7. The van der Waals surface area contributed by atoms with Gasteiger partial charge in [-0.15, -0.1) is 0 Å². The third kappa shape index (κ3) is 5.53. The van der Waals surface area contributed by atoms with Gasteiger partial charge in [-0.2, -0.15) is 0 Å². The van der Waals surface area contributed by atoms with E-state index in [1.165, 1.54) is 25.7 Å². The third-order valence-corrected chi connectivity index (χ3v) is 3.14. The fourth-order valence-electron chi connectivity index (χ4n) is 2.55. The molecule has 1 saturated carbocycles. The Hall–Kier alpha value is -0.570. The molecule has 0 aromatic heterocycles. The monoisotopic (exact) mass is 241 g/mol. The van der Waals surface area contributed by atoms with E-state index in [0.717, 1.165) is 6.54 Å². The Labute approximate surface area is 106 Å². The van der Waals surface area contributed by atoms with Gasteiger partial charge in [0.2, 0.25) is 0 Å². The molecule has 3 nitrogen and oxygen atoms in total. The fraction of sp³-hybridized carbons (Fsp3) is 0.929. The van der Waals surface area contributed by atoms with E-state index in [4.69, 9.17) is 4.74 Å². The summed E-state index contributed by atoms with van der Waals surface area (Å²) in [5.74, 6) is 0.523. The highest BCUT2D eigenvalue weighted by Crippen LogP contribution is 2.24. The van der Waals surface area contributed by atoms with E-state index in [2.05, 4.69) is 18.7 Å². The van der Waals surface area contributed by atoms with Crippen molar-refractivity contribution < 1.29 is 9.53 Å².